The van der Waals surface area contributed by atoms with Crippen LogP contribution < -0.4 is 4.74 Å². The van der Waals surface area contributed by atoms with E-state index in [1.807, 2.05) is 0 Å². The fourth-order valence-electron chi connectivity index (χ4n) is 1.78. The summed E-state index contributed by atoms with van der Waals surface area (Å²) in [4.78, 5) is 10.8. The topological polar surface area (TPSA) is 46.5 Å². The van der Waals surface area contributed by atoms with Crippen molar-refractivity contribution in [3.05, 3.63) is 63.1 Å². The first kappa shape index (κ1) is 15.4. The summed E-state index contributed by atoms with van der Waals surface area (Å²) in [5.41, 5.74) is 1.56. The van der Waals surface area contributed by atoms with Crippen LogP contribution in [0.25, 0.3) is 0 Å². The molecule has 3 nitrogen and oxygen atoms in total. The smallest absolute Gasteiger partial charge is 0.335 e. The summed E-state index contributed by atoms with van der Waals surface area (Å²) in [6.07, 6.45) is 0. The SMILES string of the molecule is Cc1cc(C(=O)O)ccc1COc1cc(Br)cc(F)c1F. The molecule has 0 atom stereocenters. The van der Waals surface area contributed by atoms with Crippen molar-refractivity contribution in [2.24, 2.45) is 0 Å². The first-order valence-corrected chi connectivity index (χ1v) is 6.78. The highest BCUT2D eigenvalue weighted by atomic mass is 79.9. The number of hydrogen-bond acceptors (Lipinski definition) is 2. The van der Waals surface area contributed by atoms with Crippen molar-refractivity contribution in [1.82, 2.24) is 0 Å². The van der Waals surface area contributed by atoms with Crippen molar-refractivity contribution in [3.8, 4) is 5.75 Å². The fraction of sp³-hybridized carbons (Fsp3) is 0.133. The van der Waals surface area contributed by atoms with Crippen molar-refractivity contribution in [1.29, 1.82) is 0 Å². The largest absolute Gasteiger partial charge is 0.486 e. The highest BCUT2D eigenvalue weighted by molar-refractivity contribution is 9.10. The highest BCUT2D eigenvalue weighted by Gasteiger charge is 2.12. The number of halogens is 3. The Labute approximate surface area is 128 Å². The predicted molar refractivity (Wildman–Crippen MR) is 76.5 cm³/mol. The third-order valence-electron chi connectivity index (χ3n) is 2.93. The highest BCUT2D eigenvalue weighted by Crippen LogP contribution is 2.26. The maximum Gasteiger partial charge on any atom is 0.335 e. The molecule has 0 aliphatic rings. The molecule has 6 heteroatoms. The molecule has 0 aromatic heterocycles. The van der Waals surface area contributed by atoms with E-state index >= 15 is 0 Å². The lowest BCUT2D eigenvalue weighted by atomic mass is 10.1. The molecule has 0 saturated heterocycles. The van der Waals surface area contributed by atoms with Crippen LogP contribution in [0.5, 0.6) is 5.75 Å². The van der Waals surface area contributed by atoms with Gasteiger partial charge in [0.05, 0.1) is 5.56 Å². The van der Waals surface area contributed by atoms with Gasteiger partial charge in [-0.05, 0) is 42.3 Å². The molecule has 2 aromatic carbocycles. The summed E-state index contributed by atoms with van der Waals surface area (Å²) in [7, 11) is 0. The summed E-state index contributed by atoms with van der Waals surface area (Å²) < 4.78 is 32.4. The number of carboxylic acid groups (broad SMARTS) is 1. The van der Waals surface area contributed by atoms with E-state index in [0.717, 1.165) is 6.07 Å². The maximum atomic E-state index is 13.6. The van der Waals surface area contributed by atoms with Gasteiger partial charge in [0.1, 0.15) is 6.61 Å². The summed E-state index contributed by atoms with van der Waals surface area (Å²) in [5.74, 6) is -3.29. The van der Waals surface area contributed by atoms with Gasteiger partial charge < -0.3 is 9.84 Å². The van der Waals surface area contributed by atoms with E-state index < -0.39 is 17.6 Å². The van der Waals surface area contributed by atoms with Crippen LogP contribution in [0, 0.1) is 18.6 Å². The average Bonchev–Trinajstić information content (AvgIpc) is 2.42. The van der Waals surface area contributed by atoms with Crippen LogP contribution in [0.2, 0.25) is 0 Å². The Balaban J connectivity index is 2.19. The molecule has 0 radical (unpaired) electrons. The minimum Gasteiger partial charge on any atom is -0.486 e. The monoisotopic (exact) mass is 356 g/mol. The second-order valence-corrected chi connectivity index (χ2v) is 5.35. The van der Waals surface area contributed by atoms with Crippen LogP contribution in [0.1, 0.15) is 21.5 Å². The minimum absolute atomic E-state index is 0.0124. The fourth-order valence-corrected chi connectivity index (χ4v) is 2.19. The molecule has 0 fully saturated rings. The van der Waals surface area contributed by atoms with Crippen LogP contribution in [0.4, 0.5) is 8.78 Å². The Morgan fingerprint density at radius 2 is 2.00 bits per heavy atom. The van der Waals surface area contributed by atoms with Crippen LogP contribution in [-0.4, -0.2) is 11.1 Å². The van der Waals surface area contributed by atoms with Gasteiger partial charge in [0.2, 0.25) is 5.82 Å². The van der Waals surface area contributed by atoms with Crippen molar-refractivity contribution < 1.29 is 23.4 Å². The Hall–Kier alpha value is -1.95. The molecule has 110 valence electrons. The maximum absolute atomic E-state index is 13.6. The molecule has 0 spiro atoms. The summed E-state index contributed by atoms with van der Waals surface area (Å²) >= 11 is 3.06. The predicted octanol–water partition coefficient (Wildman–Crippen LogP) is 4.31. The Morgan fingerprint density at radius 3 is 2.62 bits per heavy atom. The van der Waals surface area contributed by atoms with Gasteiger partial charge in [0.25, 0.3) is 0 Å². The number of ether oxygens (including phenoxy) is 1. The lowest BCUT2D eigenvalue weighted by Crippen LogP contribution is -2.03. The van der Waals surface area contributed by atoms with Gasteiger partial charge in [-0.25, -0.2) is 9.18 Å². The number of rotatable bonds is 4. The van der Waals surface area contributed by atoms with Gasteiger partial charge in [0.15, 0.2) is 11.6 Å². The van der Waals surface area contributed by atoms with Crippen LogP contribution in [0.3, 0.4) is 0 Å². The summed E-state index contributed by atoms with van der Waals surface area (Å²) in [5, 5.41) is 8.88. The number of hydrogen-bond donors (Lipinski definition) is 1. The molecule has 0 bridgehead atoms. The van der Waals surface area contributed by atoms with E-state index in [1.165, 1.54) is 18.2 Å². The molecule has 0 unspecified atom stereocenters. The van der Waals surface area contributed by atoms with E-state index in [-0.39, 0.29) is 17.9 Å². The lowest BCUT2D eigenvalue weighted by molar-refractivity contribution is 0.0696. The number of benzene rings is 2. The summed E-state index contributed by atoms with van der Waals surface area (Å²) in [6.45, 7) is 1.74. The molecule has 1 N–H and O–H groups in total. The zero-order valence-electron chi connectivity index (χ0n) is 11.0. The minimum atomic E-state index is -1.06. The normalized spacial score (nSPS) is 10.5. The summed E-state index contributed by atoms with van der Waals surface area (Å²) in [6, 6.07) is 6.87. The van der Waals surface area contributed by atoms with Gasteiger partial charge >= 0.3 is 5.97 Å². The van der Waals surface area contributed by atoms with Gasteiger partial charge in [-0.1, -0.05) is 22.0 Å². The molecule has 2 rings (SSSR count). The average molecular weight is 357 g/mol. The zero-order chi connectivity index (χ0) is 15.6. The van der Waals surface area contributed by atoms with E-state index in [9.17, 15) is 13.6 Å². The van der Waals surface area contributed by atoms with Crippen LogP contribution >= 0.6 is 15.9 Å². The molecule has 0 aliphatic heterocycles. The Kier molecular flexibility index (Phi) is 4.57. The standard InChI is InChI=1S/C15H11BrF2O3/c1-8-4-9(15(19)20)2-3-10(8)7-21-13-6-11(16)5-12(17)14(13)18/h2-6H,7H2,1H3,(H,19,20). The first-order chi connectivity index (χ1) is 9.88. The third-order valence-corrected chi connectivity index (χ3v) is 3.39. The van der Waals surface area contributed by atoms with Gasteiger partial charge in [0, 0.05) is 4.47 Å². The Morgan fingerprint density at radius 1 is 1.29 bits per heavy atom. The quantitative estimate of drug-likeness (QED) is 0.830. The van der Waals surface area contributed by atoms with Crippen LogP contribution in [0.15, 0.2) is 34.8 Å². The third kappa shape index (κ3) is 3.58. The molecule has 0 heterocycles. The Bertz CT molecular complexity index is 702. The van der Waals surface area contributed by atoms with E-state index in [4.69, 9.17) is 9.84 Å². The van der Waals surface area contributed by atoms with Crippen molar-refractivity contribution >= 4 is 21.9 Å². The van der Waals surface area contributed by atoms with Crippen molar-refractivity contribution in [3.63, 3.8) is 0 Å². The van der Waals surface area contributed by atoms with Crippen molar-refractivity contribution in [2.75, 3.05) is 0 Å². The number of aromatic carboxylic acids is 1. The van der Waals surface area contributed by atoms with Gasteiger partial charge in [-0.2, -0.15) is 4.39 Å². The number of aryl methyl sites for hydroxylation is 1. The molecule has 2 aromatic rings. The van der Waals surface area contributed by atoms with E-state index in [1.54, 1.807) is 13.0 Å². The number of carboxylic acids is 1. The second kappa shape index (κ2) is 6.22. The van der Waals surface area contributed by atoms with Crippen LogP contribution in [-0.2, 0) is 6.61 Å². The lowest BCUT2D eigenvalue weighted by Gasteiger charge is -2.11. The molecule has 0 amide bonds. The van der Waals surface area contributed by atoms with Crippen molar-refractivity contribution in [2.45, 2.75) is 13.5 Å². The van der Waals surface area contributed by atoms with E-state index in [2.05, 4.69) is 15.9 Å². The molecular formula is C15H11BrF2O3. The molecular weight excluding hydrogens is 346 g/mol. The molecule has 21 heavy (non-hydrogen) atoms. The van der Waals surface area contributed by atoms with Gasteiger partial charge in [-0.3, -0.25) is 0 Å². The molecule has 0 aliphatic carbocycles. The first-order valence-electron chi connectivity index (χ1n) is 5.98. The van der Waals surface area contributed by atoms with E-state index in [0.29, 0.717) is 15.6 Å². The molecule has 0 saturated carbocycles. The number of carbonyl (C=O) groups is 1. The second-order valence-electron chi connectivity index (χ2n) is 4.43. The zero-order valence-corrected chi connectivity index (χ0v) is 12.6. The van der Waals surface area contributed by atoms with Gasteiger partial charge in [-0.15, -0.1) is 0 Å².